The number of aliphatic carboxylic acids is 1. The Balaban J connectivity index is 2.55. The van der Waals surface area contributed by atoms with Gasteiger partial charge in [-0.05, 0) is 24.3 Å². The van der Waals surface area contributed by atoms with Gasteiger partial charge in [0.25, 0.3) is 11.6 Å². The van der Waals surface area contributed by atoms with Crippen molar-refractivity contribution in [2.24, 2.45) is 0 Å². The van der Waals surface area contributed by atoms with Gasteiger partial charge in [0.1, 0.15) is 17.9 Å². The molecule has 0 atom stereocenters. The van der Waals surface area contributed by atoms with Crippen molar-refractivity contribution in [3.63, 3.8) is 0 Å². The topological polar surface area (TPSA) is 156 Å². The molecule has 0 bridgehead atoms. The van der Waals surface area contributed by atoms with Crippen LogP contribution in [0.4, 0.5) is 17.1 Å². The van der Waals surface area contributed by atoms with Crippen LogP contribution in [-0.2, 0) is 4.79 Å². The molecule has 2 aromatic rings. The van der Waals surface area contributed by atoms with Crippen LogP contribution in [0.15, 0.2) is 36.4 Å². The number of carboxylic acid groups (broad SMARTS) is 1. The number of carboxylic acids is 1. The minimum Gasteiger partial charge on any atom is -0.480 e. The number of nitro benzene ring substituents is 2. The standard InChI is InChI=1S/C18H18N4O8/c1-19(2)11-4-6-12(7-5-11)30-16-8-13(18(25)20(3)10-17(23)24)14(21(26)27)9-15(16)22(28)29/h4-9H,10H2,1-3H3,(H,23,24). The van der Waals surface area contributed by atoms with E-state index in [0.29, 0.717) is 6.07 Å². The summed E-state index contributed by atoms with van der Waals surface area (Å²) >= 11 is 0. The number of carbonyl (C=O) groups is 2. The minimum atomic E-state index is -1.33. The van der Waals surface area contributed by atoms with Gasteiger partial charge in [0.2, 0.25) is 5.75 Å². The van der Waals surface area contributed by atoms with E-state index in [4.69, 9.17) is 9.84 Å². The van der Waals surface area contributed by atoms with Crippen molar-refractivity contribution in [2.75, 3.05) is 32.6 Å². The molecular weight excluding hydrogens is 400 g/mol. The van der Waals surface area contributed by atoms with Crippen LogP contribution in [0.5, 0.6) is 11.5 Å². The third-order valence-electron chi connectivity index (χ3n) is 4.00. The number of nitro groups is 2. The zero-order chi connectivity index (χ0) is 22.6. The lowest BCUT2D eigenvalue weighted by molar-refractivity contribution is -0.394. The van der Waals surface area contributed by atoms with Crippen molar-refractivity contribution < 1.29 is 29.3 Å². The molecule has 0 heterocycles. The number of ether oxygens (including phenoxy) is 1. The molecule has 1 amide bonds. The Morgan fingerprint density at radius 3 is 2.03 bits per heavy atom. The highest BCUT2D eigenvalue weighted by molar-refractivity contribution is 6.00. The molecule has 0 saturated carbocycles. The van der Waals surface area contributed by atoms with Crippen molar-refractivity contribution in [1.29, 1.82) is 0 Å². The molecule has 0 spiro atoms. The molecule has 0 aromatic heterocycles. The second kappa shape index (κ2) is 8.86. The van der Waals surface area contributed by atoms with Crippen LogP contribution in [0.1, 0.15) is 10.4 Å². The first-order chi connectivity index (χ1) is 14.0. The molecule has 0 aliphatic rings. The molecular formula is C18H18N4O8. The number of benzene rings is 2. The van der Waals surface area contributed by atoms with Crippen molar-refractivity contribution >= 4 is 28.9 Å². The molecule has 30 heavy (non-hydrogen) atoms. The van der Waals surface area contributed by atoms with E-state index in [-0.39, 0.29) is 5.75 Å². The third-order valence-corrected chi connectivity index (χ3v) is 4.00. The van der Waals surface area contributed by atoms with Gasteiger partial charge in [-0.15, -0.1) is 0 Å². The number of nitrogens with zero attached hydrogens (tertiary/aromatic N) is 4. The average molecular weight is 418 g/mol. The lowest BCUT2D eigenvalue weighted by Gasteiger charge is -2.16. The zero-order valence-corrected chi connectivity index (χ0v) is 16.3. The van der Waals surface area contributed by atoms with E-state index < -0.39 is 51.0 Å². The normalized spacial score (nSPS) is 10.2. The molecule has 2 aromatic carbocycles. The molecule has 0 radical (unpaired) electrons. The predicted molar refractivity (Wildman–Crippen MR) is 105 cm³/mol. The van der Waals surface area contributed by atoms with Crippen molar-refractivity contribution in [2.45, 2.75) is 0 Å². The zero-order valence-electron chi connectivity index (χ0n) is 16.3. The molecule has 158 valence electrons. The molecule has 0 fully saturated rings. The van der Waals surface area contributed by atoms with E-state index in [1.165, 1.54) is 0 Å². The summed E-state index contributed by atoms with van der Waals surface area (Å²) in [7, 11) is 4.78. The fraction of sp³-hybridized carbons (Fsp3) is 0.222. The first kappa shape index (κ1) is 22.1. The third kappa shape index (κ3) is 4.98. The van der Waals surface area contributed by atoms with Gasteiger partial charge in [-0.3, -0.25) is 29.8 Å². The number of carbonyl (C=O) groups excluding carboxylic acids is 1. The Morgan fingerprint density at radius 1 is 1.00 bits per heavy atom. The molecule has 0 aliphatic heterocycles. The summed E-state index contributed by atoms with van der Waals surface area (Å²) < 4.78 is 5.52. The summed E-state index contributed by atoms with van der Waals surface area (Å²) in [5.74, 6) is -2.51. The Hall–Kier alpha value is -4.22. The SMILES string of the molecule is CN(CC(=O)O)C(=O)c1cc(Oc2ccc(N(C)C)cc2)c([N+](=O)[O-])cc1[N+](=O)[O-]. The highest BCUT2D eigenvalue weighted by Crippen LogP contribution is 2.37. The second-order valence-electron chi connectivity index (χ2n) is 6.40. The van der Waals surface area contributed by atoms with Gasteiger partial charge in [-0.25, -0.2) is 0 Å². The van der Waals surface area contributed by atoms with Gasteiger partial charge in [0.15, 0.2) is 0 Å². The van der Waals surface area contributed by atoms with Gasteiger partial charge in [0, 0.05) is 32.9 Å². The molecule has 12 nitrogen and oxygen atoms in total. The lowest BCUT2D eigenvalue weighted by atomic mass is 10.1. The largest absolute Gasteiger partial charge is 0.480 e. The van der Waals surface area contributed by atoms with E-state index in [2.05, 4.69) is 0 Å². The highest BCUT2D eigenvalue weighted by atomic mass is 16.6. The molecule has 0 unspecified atom stereocenters. The smallest absolute Gasteiger partial charge is 0.323 e. The molecule has 2 rings (SSSR count). The Morgan fingerprint density at radius 2 is 1.57 bits per heavy atom. The van der Waals surface area contributed by atoms with Crippen LogP contribution in [0, 0.1) is 20.2 Å². The Bertz CT molecular complexity index is 1000. The second-order valence-corrected chi connectivity index (χ2v) is 6.40. The fourth-order valence-corrected chi connectivity index (χ4v) is 2.52. The number of hydrogen-bond donors (Lipinski definition) is 1. The van der Waals surface area contributed by atoms with Crippen LogP contribution in [0.2, 0.25) is 0 Å². The fourth-order valence-electron chi connectivity index (χ4n) is 2.52. The summed E-state index contributed by atoms with van der Waals surface area (Å²) in [4.78, 5) is 46.9. The maximum atomic E-state index is 12.5. The van der Waals surface area contributed by atoms with Gasteiger partial charge in [0.05, 0.1) is 15.9 Å². The van der Waals surface area contributed by atoms with Gasteiger partial charge >= 0.3 is 11.7 Å². The van der Waals surface area contributed by atoms with Crippen LogP contribution in [0.25, 0.3) is 0 Å². The van der Waals surface area contributed by atoms with E-state index in [1.54, 1.807) is 24.3 Å². The first-order valence-electron chi connectivity index (χ1n) is 8.40. The Kier molecular flexibility index (Phi) is 6.52. The number of amides is 1. The number of hydrogen-bond acceptors (Lipinski definition) is 8. The Labute approximate surface area is 170 Å². The summed E-state index contributed by atoms with van der Waals surface area (Å²) in [5.41, 5.74) is -1.24. The summed E-state index contributed by atoms with van der Waals surface area (Å²) in [5, 5.41) is 31.6. The van der Waals surface area contributed by atoms with E-state index in [1.807, 2.05) is 19.0 Å². The van der Waals surface area contributed by atoms with Crippen LogP contribution >= 0.6 is 0 Å². The molecule has 0 saturated heterocycles. The summed E-state index contributed by atoms with van der Waals surface area (Å²) in [6, 6.07) is 7.96. The number of anilines is 1. The maximum Gasteiger partial charge on any atom is 0.323 e. The van der Waals surface area contributed by atoms with Crippen molar-refractivity contribution in [3.05, 3.63) is 62.2 Å². The van der Waals surface area contributed by atoms with Gasteiger partial charge < -0.3 is 19.6 Å². The maximum absolute atomic E-state index is 12.5. The van der Waals surface area contributed by atoms with Crippen molar-refractivity contribution in [3.8, 4) is 11.5 Å². The summed E-state index contributed by atoms with van der Waals surface area (Å²) in [6.45, 7) is -0.713. The van der Waals surface area contributed by atoms with Gasteiger partial charge in [-0.1, -0.05) is 0 Å². The molecule has 12 heteroatoms. The molecule has 0 aliphatic carbocycles. The number of rotatable bonds is 8. The average Bonchev–Trinajstić information content (AvgIpc) is 2.66. The highest BCUT2D eigenvalue weighted by Gasteiger charge is 2.31. The van der Waals surface area contributed by atoms with Crippen molar-refractivity contribution in [1.82, 2.24) is 4.90 Å². The predicted octanol–water partition coefficient (Wildman–Crippen LogP) is 2.52. The quantitative estimate of drug-likeness (QED) is 0.502. The van der Waals surface area contributed by atoms with E-state index >= 15 is 0 Å². The summed E-state index contributed by atoms with van der Waals surface area (Å²) in [6.07, 6.45) is 0. The first-order valence-corrected chi connectivity index (χ1v) is 8.40. The van der Waals surface area contributed by atoms with Crippen LogP contribution in [0.3, 0.4) is 0 Å². The molecule has 1 N–H and O–H groups in total. The van der Waals surface area contributed by atoms with E-state index in [0.717, 1.165) is 23.7 Å². The number of likely N-dealkylation sites (N-methyl/N-ethyl adjacent to an activating group) is 1. The van der Waals surface area contributed by atoms with Gasteiger partial charge in [-0.2, -0.15) is 0 Å². The minimum absolute atomic E-state index is 0.204. The monoisotopic (exact) mass is 418 g/mol. The van der Waals surface area contributed by atoms with E-state index in [9.17, 15) is 29.8 Å². The van der Waals surface area contributed by atoms with Crippen LogP contribution < -0.4 is 9.64 Å². The lowest BCUT2D eigenvalue weighted by Crippen LogP contribution is -2.32. The van der Waals surface area contributed by atoms with Crippen LogP contribution in [-0.4, -0.2) is 59.4 Å².